The standard InChI is InChI=1S/C28H22O3S/c1-29-22-13-11-21(12-14-22)28-27(25-9-5-6-10-26(25)32-28)31-24-17-15-23(16-18-24)30-19-20-7-3-2-4-8-20/h2-18H,19H2,1H3. The first-order valence-corrected chi connectivity index (χ1v) is 11.2. The van der Waals surface area contributed by atoms with Gasteiger partial charge in [-0.15, -0.1) is 11.3 Å². The lowest BCUT2D eigenvalue weighted by Crippen LogP contribution is -1.94. The molecular formula is C28H22O3S. The van der Waals surface area contributed by atoms with Crippen molar-refractivity contribution in [2.75, 3.05) is 7.11 Å². The Morgan fingerprint density at radius 2 is 1.31 bits per heavy atom. The first-order valence-electron chi connectivity index (χ1n) is 10.4. The average molecular weight is 439 g/mol. The zero-order chi connectivity index (χ0) is 21.8. The molecular weight excluding hydrogens is 416 g/mol. The molecule has 0 aliphatic carbocycles. The highest BCUT2D eigenvalue weighted by Crippen LogP contribution is 2.46. The lowest BCUT2D eigenvalue weighted by molar-refractivity contribution is 0.306. The van der Waals surface area contributed by atoms with Crippen molar-refractivity contribution >= 4 is 21.4 Å². The van der Waals surface area contributed by atoms with Crippen molar-refractivity contribution < 1.29 is 14.2 Å². The average Bonchev–Trinajstić information content (AvgIpc) is 3.22. The van der Waals surface area contributed by atoms with Crippen molar-refractivity contribution in [3.8, 4) is 33.4 Å². The summed E-state index contributed by atoms with van der Waals surface area (Å²) < 4.78 is 18.8. The Balaban J connectivity index is 1.40. The van der Waals surface area contributed by atoms with Crippen LogP contribution in [0.2, 0.25) is 0 Å². The van der Waals surface area contributed by atoms with Crippen LogP contribution in [-0.4, -0.2) is 7.11 Å². The third-order valence-electron chi connectivity index (χ3n) is 5.19. The van der Waals surface area contributed by atoms with Gasteiger partial charge < -0.3 is 14.2 Å². The molecule has 0 aliphatic heterocycles. The molecule has 5 aromatic rings. The molecule has 158 valence electrons. The van der Waals surface area contributed by atoms with Crippen LogP contribution in [0.4, 0.5) is 0 Å². The molecule has 1 heterocycles. The maximum atomic E-state index is 6.42. The molecule has 0 saturated heterocycles. The normalized spacial score (nSPS) is 10.8. The minimum atomic E-state index is 0.540. The minimum Gasteiger partial charge on any atom is -0.497 e. The van der Waals surface area contributed by atoms with Gasteiger partial charge >= 0.3 is 0 Å². The Morgan fingerprint density at radius 1 is 0.656 bits per heavy atom. The zero-order valence-corrected chi connectivity index (χ0v) is 18.5. The number of rotatable bonds is 7. The molecule has 4 heteroatoms. The summed E-state index contributed by atoms with van der Waals surface area (Å²) in [6, 6.07) is 34.3. The van der Waals surface area contributed by atoms with E-state index >= 15 is 0 Å². The predicted molar refractivity (Wildman–Crippen MR) is 131 cm³/mol. The SMILES string of the molecule is COc1ccc(-c2sc3ccccc3c2Oc2ccc(OCc3ccccc3)cc2)cc1. The van der Waals surface area contributed by atoms with Crippen LogP contribution in [0.3, 0.4) is 0 Å². The van der Waals surface area contributed by atoms with Crippen molar-refractivity contribution in [3.63, 3.8) is 0 Å². The highest BCUT2D eigenvalue weighted by Gasteiger charge is 2.16. The van der Waals surface area contributed by atoms with Crippen molar-refractivity contribution in [3.05, 3.63) is 109 Å². The quantitative estimate of drug-likeness (QED) is 0.258. The van der Waals surface area contributed by atoms with E-state index in [0.29, 0.717) is 6.61 Å². The van der Waals surface area contributed by atoms with Crippen LogP contribution >= 0.6 is 11.3 Å². The van der Waals surface area contributed by atoms with Gasteiger partial charge in [0.15, 0.2) is 5.75 Å². The molecule has 4 aromatic carbocycles. The minimum absolute atomic E-state index is 0.540. The Hall–Kier alpha value is -3.76. The molecule has 1 aromatic heterocycles. The molecule has 0 saturated carbocycles. The van der Waals surface area contributed by atoms with Crippen LogP contribution in [0.15, 0.2) is 103 Å². The van der Waals surface area contributed by atoms with Gasteiger partial charge in [0.1, 0.15) is 23.9 Å². The number of thiophene rings is 1. The summed E-state index contributed by atoms with van der Waals surface area (Å²) in [5.41, 5.74) is 2.24. The van der Waals surface area contributed by atoms with E-state index in [0.717, 1.165) is 44.4 Å². The van der Waals surface area contributed by atoms with Crippen molar-refractivity contribution in [2.24, 2.45) is 0 Å². The van der Waals surface area contributed by atoms with Gasteiger partial charge in [-0.25, -0.2) is 0 Å². The van der Waals surface area contributed by atoms with E-state index in [9.17, 15) is 0 Å². The van der Waals surface area contributed by atoms with E-state index in [1.165, 1.54) is 4.70 Å². The summed E-state index contributed by atoms with van der Waals surface area (Å²) in [5.74, 6) is 3.29. The van der Waals surface area contributed by atoms with Gasteiger partial charge in [-0.1, -0.05) is 42.5 Å². The Morgan fingerprint density at radius 3 is 2.06 bits per heavy atom. The van der Waals surface area contributed by atoms with Gasteiger partial charge in [-0.3, -0.25) is 0 Å². The maximum Gasteiger partial charge on any atom is 0.153 e. The van der Waals surface area contributed by atoms with E-state index in [1.807, 2.05) is 60.7 Å². The second-order valence-corrected chi connectivity index (χ2v) is 8.38. The molecule has 3 nitrogen and oxygen atoms in total. The van der Waals surface area contributed by atoms with Crippen LogP contribution in [-0.2, 0) is 6.61 Å². The summed E-state index contributed by atoms with van der Waals surface area (Å²) >= 11 is 1.73. The zero-order valence-electron chi connectivity index (χ0n) is 17.7. The Bertz CT molecular complexity index is 1310. The molecule has 0 radical (unpaired) electrons. The number of methoxy groups -OCH3 is 1. The fraction of sp³-hybridized carbons (Fsp3) is 0.0714. The molecule has 0 spiro atoms. The van der Waals surface area contributed by atoms with Gasteiger partial charge in [0.25, 0.3) is 0 Å². The van der Waals surface area contributed by atoms with Crippen LogP contribution in [0.25, 0.3) is 20.5 Å². The van der Waals surface area contributed by atoms with E-state index < -0.39 is 0 Å². The molecule has 0 atom stereocenters. The third kappa shape index (κ3) is 4.32. The summed E-state index contributed by atoms with van der Waals surface area (Å²) in [6.45, 7) is 0.540. The van der Waals surface area contributed by atoms with Crippen LogP contribution in [0, 0.1) is 0 Å². The largest absolute Gasteiger partial charge is 0.497 e. The fourth-order valence-corrected chi connectivity index (χ4v) is 4.65. The second-order valence-electron chi connectivity index (χ2n) is 7.33. The van der Waals surface area contributed by atoms with Crippen LogP contribution < -0.4 is 14.2 Å². The van der Waals surface area contributed by atoms with E-state index in [-0.39, 0.29) is 0 Å². The molecule has 0 amide bonds. The monoisotopic (exact) mass is 438 g/mol. The highest BCUT2D eigenvalue weighted by atomic mass is 32.1. The van der Waals surface area contributed by atoms with Crippen LogP contribution in [0.5, 0.6) is 23.0 Å². The fourth-order valence-electron chi connectivity index (χ4n) is 3.52. The van der Waals surface area contributed by atoms with Gasteiger partial charge in [0, 0.05) is 10.1 Å². The molecule has 0 N–H and O–H groups in total. The number of benzene rings is 4. The number of fused-ring (bicyclic) bond motifs is 1. The van der Waals surface area contributed by atoms with E-state index in [2.05, 4.69) is 42.5 Å². The highest BCUT2D eigenvalue weighted by molar-refractivity contribution is 7.22. The smallest absolute Gasteiger partial charge is 0.153 e. The van der Waals surface area contributed by atoms with Crippen molar-refractivity contribution in [1.82, 2.24) is 0 Å². The summed E-state index contributed by atoms with van der Waals surface area (Å²) in [4.78, 5) is 1.10. The van der Waals surface area contributed by atoms with Gasteiger partial charge in [0.2, 0.25) is 0 Å². The van der Waals surface area contributed by atoms with Crippen molar-refractivity contribution in [2.45, 2.75) is 6.61 Å². The van der Waals surface area contributed by atoms with Gasteiger partial charge in [0.05, 0.1) is 12.0 Å². The molecule has 32 heavy (non-hydrogen) atoms. The number of hydrogen-bond donors (Lipinski definition) is 0. The van der Waals surface area contributed by atoms with Gasteiger partial charge in [-0.2, -0.15) is 0 Å². The molecule has 0 bridgehead atoms. The molecule has 0 fully saturated rings. The molecule has 0 aliphatic rings. The summed E-state index contributed by atoms with van der Waals surface area (Å²) in [5, 5.41) is 1.10. The molecule has 5 rings (SSSR count). The first-order chi connectivity index (χ1) is 15.8. The van der Waals surface area contributed by atoms with Crippen LogP contribution in [0.1, 0.15) is 5.56 Å². The van der Waals surface area contributed by atoms with E-state index in [1.54, 1.807) is 18.4 Å². The Kier molecular flexibility index (Phi) is 5.77. The topological polar surface area (TPSA) is 27.7 Å². The predicted octanol–water partition coefficient (Wildman–Crippen LogP) is 7.95. The summed E-state index contributed by atoms with van der Waals surface area (Å²) in [6.07, 6.45) is 0. The lowest BCUT2D eigenvalue weighted by atomic mass is 10.1. The van der Waals surface area contributed by atoms with Crippen molar-refractivity contribution in [1.29, 1.82) is 0 Å². The third-order valence-corrected chi connectivity index (χ3v) is 6.40. The first kappa shape index (κ1) is 20.2. The van der Waals surface area contributed by atoms with E-state index in [4.69, 9.17) is 14.2 Å². The lowest BCUT2D eigenvalue weighted by Gasteiger charge is -2.10. The molecule has 0 unspecified atom stereocenters. The maximum absolute atomic E-state index is 6.42. The number of hydrogen-bond acceptors (Lipinski definition) is 4. The Labute approximate surface area is 191 Å². The van der Waals surface area contributed by atoms with Gasteiger partial charge in [-0.05, 0) is 71.8 Å². The summed E-state index contributed by atoms with van der Waals surface area (Å²) in [7, 11) is 1.68. The second kappa shape index (κ2) is 9.16. The number of ether oxygens (including phenoxy) is 3.